The van der Waals surface area contributed by atoms with Crippen LogP contribution in [0.4, 0.5) is 0 Å². The van der Waals surface area contributed by atoms with Crippen LogP contribution in [0.3, 0.4) is 0 Å². The van der Waals surface area contributed by atoms with Crippen LogP contribution >= 0.6 is 0 Å². The van der Waals surface area contributed by atoms with Crippen molar-refractivity contribution >= 4 is 21.0 Å². The molecular weight excluding hydrogens is 472 g/mol. The van der Waals surface area contributed by atoms with Gasteiger partial charge in [0.25, 0.3) is 5.56 Å². The summed E-state index contributed by atoms with van der Waals surface area (Å²) >= 11 is 0. The van der Waals surface area contributed by atoms with Crippen molar-refractivity contribution in [3.63, 3.8) is 0 Å². The molecule has 0 spiro atoms. The molecule has 0 radical (unpaired) electrons. The zero-order chi connectivity index (χ0) is 25.3. The first kappa shape index (κ1) is 25.4. The molecule has 0 aromatic carbocycles. The molecule has 1 aliphatic rings. The van der Waals surface area contributed by atoms with Gasteiger partial charge in [-0.05, 0) is 26.0 Å². The number of methoxy groups -OCH3 is 1. The molecule has 0 N–H and O–H groups in total. The third-order valence-corrected chi connectivity index (χ3v) is 7.68. The van der Waals surface area contributed by atoms with Gasteiger partial charge in [-0.1, -0.05) is 0 Å². The van der Waals surface area contributed by atoms with Crippen LogP contribution in [0.1, 0.15) is 19.6 Å². The van der Waals surface area contributed by atoms with Gasteiger partial charge < -0.3 is 18.5 Å². The highest BCUT2D eigenvalue weighted by molar-refractivity contribution is 7.88. The molecule has 0 aliphatic carbocycles. The van der Waals surface area contributed by atoms with E-state index in [9.17, 15) is 13.2 Å². The van der Waals surface area contributed by atoms with Gasteiger partial charge in [0.2, 0.25) is 10.0 Å². The number of furan rings is 1. The molecule has 3 aromatic rings. The van der Waals surface area contributed by atoms with Crippen molar-refractivity contribution in [1.29, 1.82) is 0 Å². The second-order valence-corrected chi connectivity index (χ2v) is 11.1. The smallest absolute Gasteiger partial charge is 0.261 e. The van der Waals surface area contributed by atoms with Gasteiger partial charge in [0.1, 0.15) is 23.7 Å². The van der Waals surface area contributed by atoms with E-state index in [1.54, 1.807) is 38.8 Å². The Labute approximate surface area is 205 Å². The Hall–Kier alpha value is -2.73. The fraction of sp³-hybridized carbons (Fsp3) is 0.500. The average molecular weight is 505 g/mol. The maximum Gasteiger partial charge on any atom is 0.261 e. The summed E-state index contributed by atoms with van der Waals surface area (Å²) in [6, 6.07) is 3.63. The second kappa shape index (κ2) is 10.1. The lowest BCUT2D eigenvalue weighted by atomic mass is 10.1. The molecule has 10 nitrogen and oxygen atoms in total. The molecule has 4 rings (SSSR count). The Morgan fingerprint density at radius 1 is 1.29 bits per heavy atom. The first-order chi connectivity index (χ1) is 16.6. The number of sulfonamides is 1. The van der Waals surface area contributed by atoms with Crippen LogP contribution < -0.4 is 10.3 Å². The second-order valence-electron chi connectivity index (χ2n) is 9.08. The van der Waals surface area contributed by atoms with Gasteiger partial charge in [-0.3, -0.25) is 14.7 Å². The molecule has 1 saturated heterocycles. The number of aromatic nitrogens is 2. The predicted octanol–water partition coefficient (Wildman–Crippen LogP) is 2.07. The monoisotopic (exact) mass is 504 g/mol. The lowest BCUT2D eigenvalue weighted by molar-refractivity contribution is 0.0717. The van der Waals surface area contributed by atoms with Crippen LogP contribution in [0.2, 0.25) is 0 Å². The van der Waals surface area contributed by atoms with E-state index in [2.05, 4.69) is 9.88 Å². The first-order valence-electron chi connectivity index (χ1n) is 11.5. The summed E-state index contributed by atoms with van der Waals surface area (Å²) in [7, 11) is 0.109. The Morgan fingerprint density at radius 2 is 2.06 bits per heavy atom. The lowest BCUT2D eigenvalue weighted by Gasteiger charge is -2.38. The Bertz CT molecular complexity index is 1370. The van der Waals surface area contributed by atoms with Gasteiger partial charge in [0.05, 0.1) is 30.5 Å². The number of hydrogen-bond acceptors (Lipinski definition) is 8. The fourth-order valence-electron chi connectivity index (χ4n) is 4.26. The highest BCUT2D eigenvalue weighted by Gasteiger charge is 2.29. The number of aryl methyl sites for hydroxylation is 1. The van der Waals surface area contributed by atoms with Crippen molar-refractivity contribution in [2.45, 2.75) is 32.5 Å². The topological polar surface area (TPSA) is 107 Å². The number of fused-ring (bicyclic) bond motifs is 1. The molecule has 0 amide bonds. The summed E-state index contributed by atoms with van der Waals surface area (Å²) in [4.78, 5) is 19.3. The minimum Gasteiger partial charge on any atom is -0.489 e. The standard InChI is InChI=1S/C24H32N4O6S/c1-16-12-28(35(5,30)31)9-8-27(16)13-18-10-20-23(34-18)21(14-26(3)24(20)29)19-6-7-25-11-22(19)33-15-17(2)32-4/h6-7,10-11,14,16-17H,8-9,12-13,15H2,1-5H3. The van der Waals surface area contributed by atoms with Crippen molar-refractivity contribution in [1.82, 2.24) is 18.8 Å². The third-order valence-electron chi connectivity index (χ3n) is 6.41. The molecule has 2 unspecified atom stereocenters. The Morgan fingerprint density at radius 3 is 2.74 bits per heavy atom. The quantitative estimate of drug-likeness (QED) is 0.459. The highest BCUT2D eigenvalue weighted by atomic mass is 32.2. The molecule has 35 heavy (non-hydrogen) atoms. The van der Waals surface area contributed by atoms with Crippen LogP contribution in [0, 0.1) is 0 Å². The van der Waals surface area contributed by atoms with Crippen molar-refractivity contribution in [2.75, 3.05) is 39.6 Å². The van der Waals surface area contributed by atoms with Gasteiger partial charge in [-0.25, -0.2) is 8.42 Å². The van der Waals surface area contributed by atoms with Gasteiger partial charge >= 0.3 is 0 Å². The minimum absolute atomic E-state index is 0.0111. The van der Waals surface area contributed by atoms with E-state index in [0.29, 0.717) is 55.3 Å². The molecule has 4 heterocycles. The highest BCUT2D eigenvalue weighted by Crippen LogP contribution is 2.35. The van der Waals surface area contributed by atoms with E-state index >= 15 is 0 Å². The summed E-state index contributed by atoms with van der Waals surface area (Å²) in [6.45, 7) is 6.15. The maximum absolute atomic E-state index is 12.9. The molecule has 1 aliphatic heterocycles. The summed E-state index contributed by atoms with van der Waals surface area (Å²) in [5.74, 6) is 1.22. The molecule has 1 fully saturated rings. The van der Waals surface area contributed by atoms with E-state index < -0.39 is 10.0 Å². The van der Waals surface area contributed by atoms with E-state index in [4.69, 9.17) is 13.9 Å². The molecule has 190 valence electrons. The summed E-state index contributed by atoms with van der Waals surface area (Å²) in [5.41, 5.74) is 1.82. The van der Waals surface area contributed by atoms with Gasteiger partial charge in [0.15, 0.2) is 0 Å². The maximum atomic E-state index is 12.9. The number of ether oxygens (including phenoxy) is 2. The zero-order valence-electron chi connectivity index (χ0n) is 20.7. The van der Waals surface area contributed by atoms with Crippen LogP contribution in [-0.4, -0.2) is 78.9 Å². The number of rotatable bonds is 8. The van der Waals surface area contributed by atoms with Gasteiger partial charge in [0, 0.05) is 63.4 Å². The largest absolute Gasteiger partial charge is 0.489 e. The van der Waals surface area contributed by atoms with Crippen LogP contribution in [0.25, 0.3) is 22.1 Å². The predicted molar refractivity (Wildman–Crippen MR) is 133 cm³/mol. The number of hydrogen-bond donors (Lipinski definition) is 0. The molecular formula is C24H32N4O6S. The van der Waals surface area contributed by atoms with Crippen molar-refractivity contribution in [3.8, 4) is 16.9 Å². The Kier molecular flexibility index (Phi) is 7.32. The van der Waals surface area contributed by atoms with Crippen molar-refractivity contribution in [3.05, 3.63) is 46.8 Å². The zero-order valence-corrected chi connectivity index (χ0v) is 21.5. The van der Waals surface area contributed by atoms with E-state index in [1.807, 2.05) is 19.9 Å². The molecule has 3 aromatic heterocycles. The van der Waals surface area contributed by atoms with Crippen LogP contribution in [0.5, 0.6) is 5.75 Å². The Balaban J connectivity index is 1.67. The summed E-state index contributed by atoms with van der Waals surface area (Å²) in [5, 5.41) is 0.482. The SMILES string of the molecule is COC(C)COc1cnccc1-c1cn(C)c(=O)c2cc(CN3CCN(S(C)(=O)=O)CC3C)oc12. The molecule has 2 atom stereocenters. The molecule has 11 heteroatoms. The van der Waals surface area contributed by atoms with Crippen molar-refractivity contribution < 1.29 is 22.3 Å². The first-order valence-corrected chi connectivity index (χ1v) is 13.3. The number of piperazine rings is 1. The van der Waals surface area contributed by atoms with Crippen LogP contribution in [-0.2, 0) is 28.4 Å². The summed E-state index contributed by atoms with van der Waals surface area (Å²) < 4.78 is 44.4. The number of pyridine rings is 2. The minimum atomic E-state index is -3.22. The third kappa shape index (κ3) is 5.43. The van der Waals surface area contributed by atoms with E-state index in [0.717, 1.165) is 11.1 Å². The molecule has 0 saturated carbocycles. The lowest BCUT2D eigenvalue weighted by Crippen LogP contribution is -2.52. The normalized spacial score (nSPS) is 18.7. The van der Waals surface area contributed by atoms with E-state index in [1.165, 1.54) is 15.1 Å². The van der Waals surface area contributed by atoms with Crippen molar-refractivity contribution in [2.24, 2.45) is 7.05 Å². The van der Waals surface area contributed by atoms with Gasteiger partial charge in [-0.15, -0.1) is 0 Å². The van der Waals surface area contributed by atoms with Crippen LogP contribution in [0.15, 0.2) is 39.9 Å². The fourth-order valence-corrected chi connectivity index (χ4v) is 5.16. The average Bonchev–Trinajstić information content (AvgIpc) is 3.25. The van der Waals surface area contributed by atoms with Gasteiger partial charge in [-0.2, -0.15) is 4.31 Å². The summed E-state index contributed by atoms with van der Waals surface area (Å²) in [6.07, 6.45) is 6.20. The van der Waals surface area contributed by atoms with E-state index in [-0.39, 0.29) is 17.7 Å². The molecule has 0 bridgehead atoms. The number of nitrogens with zero attached hydrogens (tertiary/aromatic N) is 4.